The maximum absolute atomic E-state index is 9.58. The van der Waals surface area contributed by atoms with Gasteiger partial charge in [0.15, 0.2) is 0 Å². The average molecular weight is 244 g/mol. The zero-order valence-corrected chi connectivity index (χ0v) is 9.43. The fourth-order valence-electron chi connectivity index (χ4n) is 1.33. The average Bonchev–Trinajstić information content (AvgIpc) is 2.10. The molecule has 1 rings (SSSR count). The standard InChI is InChI=1S/C10H14BrNO/c1-6-3-7(2)9(11)4-8(6)10(13)5-12/h3-4,10,13H,5,12H2,1-2H3. The number of aliphatic hydroxyl groups is 1. The highest BCUT2D eigenvalue weighted by Gasteiger charge is 2.09. The second-order valence-electron chi connectivity index (χ2n) is 3.21. The summed E-state index contributed by atoms with van der Waals surface area (Å²) in [5.41, 5.74) is 8.55. The lowest BCUT2D eigenvalue weighted by atomic mass is 10.0. The maximum Gasteiger partial charge on any atom is 0.0915 e. The molecule has 1 atom stereocenters. The molecule has 0 fully saturated rings. The van der Waals surface area contributed by atoms with Crippen LogP contribution in [-0.2, 0) is 0 Å². The Bertz CT molecular complexity index is 312. The van der Waals surface area contributed by atoms with E-state index in [4.69, 9.17) is 5.73 Å². The Morgan fingerprint density at radius 3 is 2.54 bits per heavy atom. The van der Waals surface area contributed by atoms with E-state index in [9.17, 15) is 5.11 Å². The smallest absolute Gasteiger partial charge is 0.0915 e. The van der Waals surface area contributed by atoms with Gasteiger partial charge in [0, 0.05) is 11.0 Å². The quantitative estimate of drug-likeness (QED) is 0.836. The summed E-state index contributed by atoms with van der Waals surface area (Å²) in [6.07, 6.45) is -0.558. The van der Waals surface area contributed by atoms with Gasteiger partial charge in [-0.15, -0.1) is 0 Å². The Morgan fingerprint density at radius 1 is 1.38 bits per heavy atom. The first kappa shape index (κ1) is 10.7. The third-order valence-corrected chi connectivity index (χ3v) is 2.98. The minimum absolute atomic E-state index is 0.260. The van der Waals surface area contributed by atoms with E-state index in [2.05, 4.69) is 15.9 Å². The zero-order chi connectivity index (χ0) is 10.0. The molecule has 0 aliphatic carbocycles. The molecule has 0 heterocycles. The summed E-state index contributed by atoms with van der Waals surface area (Å²) in [4.78, 5) is 0. The topological polar surface area (TPSA) is 46.2 Å². The highest BCUT2D eigenvalue weighted by atomic mass is 79.9. The van der Waals surface area contributed by atoms with Gasteiger partial charge < -0.3 is 10.8 Å². The summed E-state index contributed by atoms with van der Waals surface area (Å²) in [5.74, 6) is 0. The van der Waals surface area contributed by atoms with Crippen LogP contribution in [0.25, 0.3) is 0 Å². The van der Waals surface area contributed by atoms with Crippen molar-refractivity contribution in [3.05, 3.63) is 33.3 Å². The first-order chi connectivity index (χ1) is 6.06. The van der Waals surface area contributed by atoms with Crippen LogP contribution >= 0.6 is 15.9 Å². The number of benzene rings is 1. The van der Waals surface area contributed by atoms with Gasteiger partial charge in [-0.3, -0.25) is 0 Å². The van der Waals surface area contributed by atoms with Crippen LogP contribution in [0.5, 0.6) is 0 Å². The Kier molecular flexibility index (Phi) is 3.47. The molecular formula is C10H14BrNO. The van der Waals surface area contributed by atoms with Crippen molar-refractivity contribution in [1.82, 2.24) is 0 Å². The Hall–Kier alpha value is -0.380. The first-order valence-electron chi connectivity index (χ1n) is 4.21. The van der Waals surface area contributed by atoms with Crippen molar-refractivity contribution in [3.8, 4) is 0 Å². The lowest BCUT2D eigenvalue weighted by molar-refractivity contribution is 0.186. The van der Waals surface area contributed by atoms with Gasteiger partial charge >= 0.3 is 0 Å². The van der Waals surface area contributed by atoms with Crippen LogP contribution in [0.1, 0.15) is 22.8 Å². The van der Waals surface area contributed by atoms with Crippen LogP contribution in [0.2, 0.25) is 0 Å². The van der Waals surface area contributed by atoms with Crippen LogP contribution in [0.4, 0.5) is 0 Å². The number of nitrogens with two attached hydrogens (primary N) is 1. The molecule has 0 aliphatic rings. The molecule has 0 aliphatic heterocycles. The Labute approximate surface area is 86.9 Å². The van der Waals surface area contributed by atoms with Crippen molar-refractivity contribution < 1.29 is 5.11 Å². The van der Waals surface area contributed by atoms with E-state index in [0.717, 1.165) is 15.6 Å². The van der Waals surface area contributed by atoms with Gasteiger partial charge in [0.2, 0.25) is 0 Å². The fourth-order valence-corrected chi connectivity index (χ4v) is 1.69. The van der Waals surface area contributed by atoms with E-state index < -0.39 is 6.10 Å². The first-order valence-corrected chi connectivity index (χ1v) is 5.00. The van der Waals surface area contributed by atoms with Crippen molar-refractivity contribution >= 4 is 15.9 Å². The molecule has 72 valence electrons. The molecule has 0 spiro atoms. The van der Waals surface area contributed by atoms with Crippen molar-refractivity contribution in [1.29, 1.82) is 0 Å². The summed E-state index contributed by atoms with van der Waals surface area (Å²) < 4.78 is 1.01. The van der Waals surface area contributed by atoms with Gasteiger partial charge in [-0.1, -0.05) is 22.0 Å². The number of aliphatic hydroxyl groups excluding tert-OH is 1. The molecule has 0 amide bonds. The summed E-state index contributed by atoms with van der Waals surface area (Å²) in [6, 6.07) is 3.97. The van der Waals surface area contributed by atoms with E-state index in [-0.39, 0.29) is 6.54 Å². The van der Waals surface area contributed by atoms with Gasteiger partial charge in [-0.05, 0) is 36.6 Å². The van der Waals surface area contributed by atoms with E-state index in [1.165, 1.54) is 5.56 Å². The number of aryl methyl sites for hydroxylation is 2. The third-order valence-electron chi connectivity index (χ3n) is 2.13. The normalized spacial score (nSPS) is 13.0. The lowest BCUT2D eigenvalue weighted by Gasteiger charge is -2.13. The predicted molar refractivity (Wildman–Crippen MR) is 57.6 cm³/mol. The molecular weight excluding hydrogens is 230 g/mol. The van der Waals surface area contributed by atoms with E-state index in [0.29, 0.717) is 0 Å². The molecule has 1 unspecified atom stereocenters. The number of hydrogen-bond donors (Lipinski definition) is 2. The predicted octanol–water partition coefficient (Wildman–Crippen LogP) is 2.06. The second-order valence-corrected chi connectivity index (χ2v) is 4.06. The highest BCUT2D eigenvalue weighted by Crippen LogP contribution is 2.24. The van der Waals surface area contributed by atoms with Crippen LogP contribution in [0.15, 0.2) is 16.6 Å². The van der Waals surface area contributed by atoms with Crippen LogP contribution in [0, 0.1) is 13.8 Å². The number of hydrogen-bond acceptors (Lipinski definition) is 2. The molecule has 13 heavy (non-hydrogen) atoms. The van der Waals surface area contributed by atoms with Crippen molar-refractivity contribution in [2.45, 2.75) is 20.0 Å². The third kappa shape index (κ3) is 2.30. The van der Waals surface area contributed by atoms with Crippen molar-refractivity contribution in [2.75, 3.05) is 6.54 Å². The Balaban J connectivity index is 3.15. The fraction of sp³-hybridized carbons (Fsp3) is 0.400. The minimum atomic E-state index is -0.558. The van der Waals surface area contributed by atoms with Gasteiger partial charge in [0.05, 0.1) is 6.10 Å². The van der Waals surface area contributed by atoms with Gasteiger partial charge in [-0.25, -0.2) is 0 Å². The minimum Gasteiger partial charge on any atom is -0.387 e. The zero-order valence-electron chi connectivity index (χ0n) is 7.84. The largest absolute Gasteiger partial charge is 0.387 e. The number of rotatable bonds is 2. The SMILES string of the molecule is Cc1cc(C)c(C(O)CN)cc1Br. The van der Waals surface area contributed by atoms with E-state index in [1.54, 1.807) is 0 Å². The summed E-state index contributed by atoms with van der Waals surface area (Å²) >= 11 is 3.43. The molecule has 0 bridgehead atoms. The highest BCUT2D eigenvalue weighted by molar-refractivity contribution is 9.10. The molecule has 1 aromatic carbocycles. The second kappa shape index (κ2) is 4.22. The molecule has 0 saturated carbocycles. The molecule has 3 heteroatoms. The lowest BCUT2D eigenvalue weighted by Crippen LogP contribution is -2.12. The molecule has 0 radical (unpaired) electrons. The van der Waals surface area contributed by atoms with E-state index >= 15 is 0 Å². The Morgan fingerprint density at radius 2 is 2.00 bits per heavy atom. The van der Waals surface area contributed by atoms with Crippen LogP contribution in [0.3, 0.4) is 0 Å². The maximum atomic E-state index is 9.58. The van der Waals surface area contributed by atoms with Crippen LogP contribution in [-0.4, -0.2) is 11.7 Å². The summed E-state index contributed by atoms with van der Waals surface area (Å²) in [5, 5.41) is 9.58. The van der Waals surface area contributed by atoms with Gasteiger partial charge in [-0.2, -0.15) is 0 Å². The van der Waals surface area contributed by atoms with Gasteiger partial charge in [0.25, 0.3) is 0 Å². The number of halogens is 1. The van der Waals surface area contributed by atoms with E-state index in [1.807, 2.05) is 26.0 Å². The molecule has 0 saturated heterocycles. The van der Waals surface area contributed by atoms with Crippen LogP contribution < -0.4 is 5.73 Å². The van der Waals surface area contributed by atoms with Gasteiger partial charge in [0.1, 0.15) is 0 Å². The summed E-state index contributed by atoms with van der Waals surface area (Å²) in [6.45, 7) is 4.26. The molecule has 0 aromatic heterocycles. The molecule has 1 aromatic rings. The van der Waals surface area contributed by atoms with Crippen molar-refractivity contribution in [3.63, 3.8) is 0 Å². The molecule has 3 N–H and O–H groups in total. The molecule has 2 nitrogen and oxygen atoms in total. The van der Waals surface area contributed by atoms with Crippen molar-refractivity contribution in [2.24, 2.45) is 5.73 Å². The summed E-state index contributed by atoms with van der Waals surface area (Å²) in [7, 11) is 0. The monoisotopic (exact) mass is 243 g/mol.